The van der Waals surface area contributed by atoms with Gasteiger partial charge in [-0.1, -0.05) is 103 Å². The number of aryl methyl sites for hydroxylation is 1. The molecule has 4 atom stereocenters. The molecule has 258 valence electrons. The predicted octanol–water partition coefficient (Wildman–Crippen LogP) is 7.35. The Morgan fingerprint density at radius 3 is 2.10 bits per heavy atom. The molecule has 0 saturated carbocycles. The van der Waals surface area contributed by atoms with Gasteiger partial charge in [0.1, 0.15) is 6.04 Å². The molecule has 1 fully saturated rings. The first-order chi connectivity index (χ1) is 24.3. The van der Waals surface area contributed by atoms with Crippen LogP contribution in [0.2, 0.25) is 0 Å². The van der Waals surface area contributed by atoms with Crippen LogP contribution in [0.1, 0.15) is 46.6 Å². The van der Waals surface area contributed by atoms with Crippen LogP contribution in [0.5, 0.6) is 0 Å². The number of carbonyl (C=O) groups excluding carboxylic acids is 1. The number of carbonyl (C=O) groups is 1. The summed E-state index contributed by atoms with van der Waals surface area (Å²) in [6.45, 7) is 1.86. The molecular formula is C40H40N2O6S2. The largest absolute Gasteiger partial charge is 0.392 e. The Labute approximate surface area is 297 Å². The van der Waals surface area contributed by atoms with Crippen molar-refractivity contribution in [3.63, 3.8) is 0 Å². The van der Waals surface area contributed by atoms with E-state index >= 15 is 0 Å². The van der Waals surface area contributed by atoms with Crippen molar-refractivity contribution in [1.82, 2.24) is 4.72 Å². The molecule has 10 heteroatoms. The van der Waals surface area contributed by atoms with E-state index in [0.717, 1.165) is 38.5 Å². The number of anilines is 1. The van der Waals surface area contributed by atoms with Gasteiger partial charge in [0.15, 0.2) is 6.29 Å². The van der Waals surface area contributed by atoms with E-state index in [1.807, 2.05) is 91.9 Å². The summed E-state index contributed by atoms with van der Waals surface area (Å²) < 4.78 is 42.2. The van der Waals surface area contributed by atoms with Gasteiger partial charge in [-0.05, 0) is 66.4 Å². The Morgan fingerprint density at radius 2 is 1.44 bits per heavy atom. The molecule has 1 aliphatic rings. The maximum atomic E-state index is 13.6. The molecule has 5 aromatic carbocycles. The summed E-state index contributed by atoms with van der Waals surface area (Å²) >= 11 is 1.73. The minimum absolute atomic E-state index is 0.0254. The van der Waals surface area contributed by atoms with E-state index in [1.165, 1.54) is 12.1 Å². The molecule has 0 radical (unpaired) electrons. The maximum absolute atomic E-state index is 13.6. The lowest BCUT2D eigenvalue weighted by Crippen LogP contribution is -2.45. The highest BCUT2D eigenvalue weighted by Gasteiger charge is 2.32. The molecule has 50 heavy (non-hydrogen) atoms. The van der Waals surface area contributed by atoms with E-state index in [0.29, 0.717) is 12.1 Å². The van der Waals surface area contributed by atoms with Gasteiger partial charge in [0.25, 0.3) is 0 Å². The maximum Gasteiger partial charge on any atom is 0.242 e. The van der Waals surface area contributed by atoms with Gasteiger partial charge in [-0.3, -0.25) is 4.79 Å². The fourth-order valence-corrected chi connectivity index (χ4v) is 7.83. The number of rotatable bonds is 13. The average Bonchev–Trinajstić information content (AvgIpc) is 3.15. The van der Waals surface area contributed by atoms with Crippen LogP contribution in [-0.2, 0) is 37.3 Å². The summed E-state index contributed by atoms with van der Waals surface area (Å²) in [5.74, 6) is 0.261. The molecule has 6 rings (SSSR count). The molecule has 0 unspecified atom stereocenters. The average molecular weight is 709 g/mol. The minimum atomic E-state index is -3.97. The zero-order valence-electron chi connectivity index (χ0n) is 27.6. The number of hydrogen-bond donors (Lipinski definition) is 3. The summed E-state index contributed by atoms with van der Waals surface area (Å²) in [4.78, 5) is 14.9. The summed E-state index contributed by atoms with van der Waals surface area (Å²) in [5, 5.41) is 12.4. The topological polar surface area (TPSA) is 114 Å². The molecule has 1 heterocycles. The molecule has 1 aliphatic heterocycles. The molecule has 8 nitrogen and oxygen atoms in total. The molecule has 1 amide bonds. The number of thioether (sulfide) groups is 1. The number of aliphatic hydroxyl groups is 1. The standard InChI is InChI=1S/C40H40N2O6S2/c1-28-12-22-36(23-13-28)50(45,46)42-37(24-29-8-4-2-5-9-29)39(44)41-33-20-18-32(19-21-33)40-47-34(27-49-35-10-6-3-7-11-35)25-38(48-40)31-16-14-30(26-43)15-17-31/h2-23,34,37-38,40,42-43H,24-27H2,1H3,(H,41,44)/t34-,37-,38+,40+/m1/s1. The van der Waals surface area contributed by atoms with Gasteiger partial charge in [-0.15, -0.1) is 11.8 Å². The highest BCUT2D eigenvalue weighted by atomic mass is 32.2. The Hall–Kier alpha value is -4.29. The Balaban J connectivity index is 1.17. The fourth-order valence-electron chi connectivity index (χ4n) is 5.69. The van der Waals surface area contributed by atoms with Crippen molar-refractivity contribution in [2.75, 3.05) is 11.1 Å². The molecule has 0 bridgehead atoms. The van der Waals surface area contributed by atoms with E-state index in [9.17, 15) is 18.3 Å². The van der Waals surface area contributed by atoms with E-state index in [2.05, 4.69) is 22.2 Å². The van der Waals surface area contributed by atoms with E-state index in [-0.39, 0.29) is 30.1 Å². The fraction of sp³-hybridized carbons (Fsp3) is 0.225. The van der Waals surface area contributed by atoms with Crippen LogP contribution in [0.3, 0.4) is 0 Å². The van der Waals surface area contributed by atoms with Gasteiger partial charge in [0, 0.05) is 28.3 Å². The van der Waals surface area contributed by atoms with E-state index < -0.39 is 28.3 Å². The molecular weight excluding hydrogens is 669 g/mol. The third kappa shape index (κ3) is 9.48. The van der Waals surface area contributed by atoms with Crippen molar-refractivity contribution in [2.45, 2.75) is 60.7 Å². The zero-order chi connectivity index (χ0) is 34.9. The van der Waals surface area contributed by atoms with E-state index in [1.54, 1.807) is 36.0 Å². The predicted molar refractivity (Wildman–Crippen MR) is 196 cm³/mol. The molecule has 3 N–H and O–H groups in total. The molecule has 1 saturated heterocycles. The lowest BCUT2D eigenvalue weighted by Gasteiger charge is -2.36. The number of nitrogens with one attached hydrogen (secondary N) is 2. The van der Waals surface area contributed by atoms with Gasteiger partial charge in [-0.25, -0.2) is 8.42 Å². The van der Waals surface area contributed by atoms with Crippen molar-refractivity contribution in [3.05, 3.63) is 161 Å². The minimum Gasteiger partial charge on any atom is -0.392 e. The van der Waals surface area contributed by atoms with Gasteiger partial charge >= 0.3 is 0 Å². The number of amides is 1. The van der Waals surface area contributed by atoms with E-state index in [4.69, 9.17) is 9.47 Å². The first-order valence-corrected chi connectivity index (χ1v) is 18.9. The van der Waals surface area contributed by atoms with Crippen molar-refractivity contribution in [1.29, 1.82) is 0 Å². The van der Waals surface area contributed by atoms with Crippen LogP contribution in [0.4, 0.5) is 5.69 Å². The van der Waals surface area contributed by atoms with Crippen LogP contribution >= 0.6 is 11.8 Å². The second kappa shape index (κ2) is 16.6. The Kier molecular flexibility index (Phi) is 11.8. The summed E-state index contributed by atoms with van der Waals surface area (Å²) in [5.41, 5.74) is 4.89. The van der Waals surface area contributed by atoms with Crippen LogP contribution in [0, 0.1) is 6.92 Å². The molecule has 0 spiro atoms. The summed E-state index contributed by atoms with van der Waals surface area (Å²) in [6, 6.07) is 39.9. The third-order valence-electron chi connectivity index (χ3n) is 8.47. The Bertz CT molecular complexity index is 1940. The summed E-state index contributed by atoms with van der Waals surface area (Å²) in [7, 11) is -3.97. The number of sulfonamides is 1. The Morgan fingerprint density at radius 1 is 0.800 bits per heavy atom. The number of ether oxygens (including phenoxy) is 2. The van der Waals surface area contributed by atoms with Crippen molar-refractivity contribution < 1.29 is 27.8 Å². The number of hydrogen-bond acceptors (Lipinski definition) is 7. The first kappa shape index (κ1) is 35.5. The molecule has 5 aromatic rings. The van der Waals surface area contributed by atoms with Gasteiger partial charge in [0.05, 0.1) is 23.7 Å². The van der Waals surface area contributed by atoms with Crippen LogP contribution < -0.4 is 10.0 Å². The summed E-state index contributed by atoms with van der Waals surface area (Å²) in [6.07, 6.45) is -0.124. The first-order valence-electron chi connectivity index (χ1n) is 16.5. The monoisotopic (exact) mass is 708 g/mol. The zero-order valence-corrected chi connectivity index (χ0v) is 29.3. The van der Waals surface area contributed by atoms with Crippen LogP contribution in [0.25, 0.3) is 0 Å². The van der Waals surface area contributed by atoms with Crippen molar-refractivity contribution in [2.24, 2.45) is 0 Å². The van der Waals surface area contributed by atoms with Crippen LogP contribution in [-0.4, -0.2) is 37.3 Å². The quantitative estimate of drug-likeness (QED) is 0.110. The SMILES string of the molecule is Cc1ccc(S(=O)(=O)N[C@H](Cc2ccccc2)C(=O)Nc2ccc([C@H]3O[C@@H](CSc4ccccc4)C[C@@H](c4ccc(CO)cc4)O3)cc2)cc1. The van der Waals surface area contributed by atoms with Crippen molar-refractivity contribution >= 4 is 33.4 Å². The number of benzene rings is 5. The smallest absolute Gasteiger partial charge is 0.242 e. The lowest BCUT2D eigenvalue weighted by molar-refractivity contribution is -0.245. The van der Waals surface area contributed by atoms with Gasteiger partial charge in [0.2, 0.25) is 15.9 Å². The molecule has 0 aromatic heterocycles. The normalized spacial score (nSPS) is 18.3. The van der Waals surface area contributed by atoms with Gasteiger partial charge < -0.3 is 19.9 Å². The third-order valence-corrected chi connectivity index (χ3v) is 11.1. The van der Waals surface area contributed by atoms with Crippen molar-refractivity contribution in [3.8, 4) is 0 Å². The van der Waals surface area contributed by atoms with Gasteiger partial charge in [-0.2, -0.15) is 4.72 Å². The second-order valence-electron chi connectivity index (χ2n) is 12.3. The lowest BCUT2D eigenvalue weighted by atomic mass is 10.0. The highest BCUT2D eigenvalue weighted by Crippen LogP contribution is 2.39. The number of aliphatic hydroxyl groups excluding tert-OH is 1. The van der Waals surface area contributed by atoms with Crippen LogP contribution in [0.15, 0.2) is 143 Å². The molecule has 0 aliphatic carbocycles. The second-order valence-corrected chi connectivity index (χ2v) is 15.1. The highest BCUT2D eigenvalue weighted by molar-refractivity contribution is 7.99.